The van der Waals surface area contributed by atoms with Gasteiger partial charge in [-0.1, -0.05) is 17.7 Å². The standard InChI is InChI=1S/C12H14ClFN2O2/c1-7(10-3-2-8(14)4-11(10)13)15-9-5-16(6-9)12(17)18/h2-4,7,9,15H,5-6H2,1H3,(H,17,18). The zero-order valence-corrected chi connectivity index (χ0v) is 10.6. The summed E-state index contributed by atoms with van der Waals surface area (Å²) in [6.45, 7) is 2.86. The molecule has 2 rings (SSSR count). The molecule has 1 aromatic carbocycles. The second-order valence-corrected chi connectivity index (χ2v) is 4.85. The fourth-order valence-corrected chi connectivity index (χ4v) is 2.37. The Labute approximate surface area is 109 Å². The molecule has 1 aliphatic heterocycles. The van der Waals surface area contributed by atoms with Gasteiger partial charge in [0.15, 0.2) is 0 Å². The number of nitrogens with zero attached hydrogens (tertiary/aromatic N) is 1. The van der Waals surface area contributed by atoms with Crippen molar-refractivity contribution in [3.63, 3.8) is 0 Å². The Balaban J connectivity index is 1.93. The molecule has 1 saturated heterocycles. The fourth-order valence-electron chi connectivity index (χ4n) is 2.04. The number of hydrogen-bond acceptors (Lipinski definition) is 2. The summed E-state index contributed by atoms with van der Waals surface area (Å²) >= 11 is 5.96. The van der Waals surface area contributed by atoms with Crippen molar-refractivity contribution in [2.24, 2.45) is 0 Å². The highest BCUT2D eigenvalue weighted by molar-refractivity contribution is 6.31. The largest absolute Gasteiger partial charge is 0.465 e. The van der Waals surface area contributed by atoms with Gasteiger partial charge in [-0.05, 0) is 24.6 Å². The molecule has 1 aromatic rings. The normalized spacial score (nSPS) is 17.4. The third-order valence-corrected chi connectivity index (χ3v) is 3.39. The Morgan fingerprint density at radius 1 is 1.61 bits per heavy atom. The van der Waals surface area contributed by atoms with Gasteiger partial charge in [-0.15, -0.1) is 0 Å². The number of amides is 1. The van der Waals surface area contributed by atoms with Crippen molar-refractivity contribution in [3.05, 3.63) is 34.6 Å². The van der Waals surface area contributed by atoms with Crippen molar-refractivity contribution < 1.29 is 14.3 Å². The van der Waals surface area contributed by atoms with Gasteiger partial charge in [0.2, 0.25) is 0 Å². The zero-order valence-electron chi connectivity index (χ0n) is 9.86. The first kappa shape index (κ1) is 13.1. The SMILES string of the molecule is CC(NC1CN(C(=O)O)C1)c1ccc(F)cc1Cl. The summed E-state index contributed by atoms with van der Waals surface area (Å²) in [4.78, 5) is 11.9. The van der Waals surface area contributed by atoms with Crippen LogP contribution in [-0.4, -0.2) is 35.2 Å². The molecule has 1 unspecified atom stereocenters. The van der Waals surface area contributed by atoms with Crippen LogP contribution in [0.2, 0.25) is 5.02 Å². The second-order valence-electron chi connectivity index (χ2n) is 4.44. The van der Waals surface area contributed by atoms with Crippen molar-refractivity contribution in [1.29, 1.82) is 0 Å². The van der Waals surface area contributed by atoms with Crippen LogP contribution in [0.1, 0.15) is 18.5 Å². The predicted octanol–water partition coefficient (Wildman–Crippen LogP) is 2.49. The van der Waals surface area contributed by atoms with Crippen LogP contribution in [0, 0.1) is 5.82 Å². The van der Waals surface area contributed by atoms with Crippen LogP contribution in [0.3, 0.4) is 0 Å². The minimum atomic E-state index is -0.902. The average Bonchev–Trinajstić information content (AvgIpc) is 2.21. The molecule has 1 heterocycles. The highest BCUT2D eigenvalue weighted by atomic mass is 35.5. The molecule has 0 spiro atoms. The predicted molar refractivity (Wildman–Crippen MR) is 66.3 cm³/mol. The minimum Gasteiger partial charge on any atom is -0.465 e. The lowest BCUT2D eigenvalue weighted by molar-refractivity contribution is 0.0926. The summed E-state index contributed by atoms with van der Waals surface area (Å²) < 4.78 is 12.9. The van der Waals surface area contributed by atoms with Gasteiger partial charge in [0.25, 0.3) is 0 Å². The first-order chi connectivity index (χ1) is 8.47. The van der Waals surface area contributed by atoms with Gasteiger partial charge in [0.05, 0.1) is 0 Å². The van der Waals surface area contributed by atoms with Gasteiger partial charge in [0, 0.05) is 30.2 Å². The van der Waals surface area contributed by atoms with Crippen LogP contribution < -0.4 is 5.32 Å². The summed E-state index contributed by atoms with van der Waals surface area (Å²) in [6, 6.07) is 4.36. The van der Waals surface area contributed by atoms with E-state index in [4.69, 9.17) is 16.7 Å². The third kappa shape index (κ3) is 2.73. The van der Waals surface area contributed by atoms with Crippen LogP contribution in [0.4, 0.5) is 9.18 Å². The van der Waals surface area contributed by atoms with Gasteiger partial charge >= 0.3 is 6.09 Å². The van der Waals surface area contributed by atoms with E-state index < -0.39 is 6.09 Å². The molecule has 1 aliphatic rings. The van der Waals surface area contributed by atoms with E-state index in [2.05, 4.69) is 5.32 Å². The summed E-state index contributed by atoms with van der Waals surface area (Å²) in [5, 5.41) is 12.4. The molecular weight excluding hydrogens is 259 g/mol. The van der Waals surface area contributed by atoms with Crippen molar-refractivity contribution in [2.45, 2.75) is 19.0 Å². The molecular formula is C12H14ClFN2O2. The molecule has 0 aromatic heterocycles. The molecule has 0 radical (unpaired) electrons. The van der Waals surface area contributed by atoms with Crippen LogP contribution in [-0.2, 0) is 0 Å². The smallest absolute Gasteiger partial charge is 0.407 e. The molecule has 0 aliphatic carbocycles. The Morgan fingerprint density at radius 2 is 2.28 bits per heavy atom. The van der Waals surface area contributed by atoms with E-state index in [1.54, 1.807) is 6.07 Å². The molecule has 18 heavy (non-hydrogen) atoms. The topological polar surface area (TPSA) is 52.6 Å². The first-order valence-corrected chi connectivity index (χ1v) is 6.04. The van der Waals surface area contributed by atoms with E-state index in [1.165, 1.54) is 17.0 Å². The maximum atomic E-state index is 12.9. The number of hydrogen-bond donors (Lipinski definition) is 2. The first-order valence-electron chi connectivity index (χ1n) is 5.66. The molecule has 2 N–H and O–H groups in total. The molecule has 4 nitrogen and oxygen atoms in total. The van der Waals surface area contributed by atoms with E-state index in [0.717, 1.165) is 5.56 Å². The lowest BCUT2D eigenvalue weighted by Gasteiger charge is -2.39. The number of nitrogens with one attached hydrogen (secondary N) is 1. The van der Waals surface area contributed by atoms with Crippen LogP contribution in [0.5, 0.6) is 0 Å². The number of benzene rings is 1. The molecule has 98 valence electrons. The second kappa shape index (κ2) is 5.12. The number of rotatable bonds is 3. The summed E-state index contributed by atoms with van der Waals surface area (Å²) in [6.07, 6.45) is -0.902. The summed E-state index contributed by atoms with van der Waals surface area (Å²) in [5.41, 5.74) is 0.812. The van der Waals surface area contributed by atoms with Crippen molar-refractivity contribution in [2.75, 3.05) is 13.1 Å². The third-order valence-electron chi connectivity index (χ3n) is 3.07. The Kier molecular flexibility index (Phi) is 3.73. The van der Waals surface area contributed by atoms with Crippen LogP contribution in [0.15, 0.2) is 18.2 Å². The monoisotopic (exact) mass is 272 g/mol. The van der Waals surface area contributed by atoms with Gasteiger partial charge in [0.1, 0.15) is 5.82 Å². The van der Waals surface area contributed by atoms with E-state index in [1.807, 2.05) is 6.92 Å². The van der Waals surface area contributed by atoms with Gasteiger partial charge in [-0.25, -0.2) is 9.18 Å². The minimum absolute atomic E-state index is 0.0426. The molecule has 1 amide bonds. The highest BCUT2D eigenvalue weighted by Crippen LogP contribution is 2.25. The fraction of sp³-hybridized carbons (Fsp3) is 0.417. The molecule has 6 heteroatoms. The Hall–Kier alpha value is -1.33. The number of carboxylic acid groups (broad SMARTS) is 1. The average molecular weight is 273 g/mol. The van der Waals surface area contributed by atoms with Gasteiger partial charge in [-0.2, -0.15) is 0 Å². The maximum Gasteiger partial charge on any atom is 0.407 e. The lowest BCUT2D eigenvalue weighted by atomic mass is 10.0. The van der Waals surface area contributed by atoms with Crippen LogP contribution >= 0.6 is 11.6 Å². The number of likely N-dealkylation sites (tertiary alicyclic amines) is 1. The molecule has 0 saturated carbocycles. The quantitative estimate of drug-likeness (QED) is 0.889. The maximum absolute atomic E-state index is 12.9. The van der Waals surface area contributed by atoms with Crippen molar-refractivity contribution in [3.8, 4) is 0 Å². The summed E-state index contributed by atoms with van der Waals surface area (Å²) in [7, 11) is 0. The lowest BCUT2D eigenvalue weighted by Crippen LogP contribution is -2.59. The van der Waals surface area contributed by atoms with E-state index in [0.29, 0.717) is 18.1 Å². The van der Waals surface area contributed by atoms with E-state index >= 15 is 0 Å². The number of carbonyl (C=O) groups is 1. The zero-order chi connectivity index (χ0) is 13.3. The van der Waals surface area contributed by atoms with Crippen molar-refractivity contribution >= 4 is 17.7 Å². The van der Waals surface area contributed by atoms with Gasteiger partial charge in [-0.3, -0.25) is 0 Å². The highest BCUT2D eigenvalue weighted by Gasteiger charge is 2.31. The van der Waals surface area contributed by atoms with Gasteiger partial charge < -0.3 is 15.3 Å². The summed E-state index contributed by atoms with van der Waals surface area (Å²) in [5.74, 6) is -0.364. The van der Waals surface area contributed by atoms with Crippen molar-refractivity contribution in [1.82, 2.24) is 10.2 Å². The number of halogens is 2. The molecule has 0 bridgehead atoms. The Bertz CT molecular complexity index is 463. The molecule has 1 atom stereocenters. The van der Waals surface area contributed by atoms with Crippen LogP contribution in [0.25, 0.3) is 0 Å². The Morgan fingerprint density at radius 3 is 2.83 bits per heavy atom. The van der Waals surface area contributed by atoms with E-state index in [-0.39, 0.29) is 17.9 Å². The molecule has 1 fully saturated rings. The van der Waals surface area contributed by atoms with E-state index in [9.17, 15) is 9.18 Å².